The Labute approximate surface area is 187 Å². The molecule has 32 heavy (non-hydrogen) atoms. The number of benzene rings is 3. The van der Waals surface area contributed by atoms with E-state index in [-0.39, 0.29) is 19.3 Å². The Morgan fingerprint density at radius 1 is 0.906 bits per heavy atom. The third kappa shape index (κ3) is 4.06. The van der Waals surface area contributed by atoms with E-state index in [1.54, 1.807) is 7.11 Å². The van der Waals surface area contributed by atoms with Crippen LogP contribution in [0.4, 0.5) is 4.79 Å². The molecule has 1 unspecified atom stereocenters. The molecule has 0 bridgehead atoms. The van der Waals surface area contributed by atoms with Crippen molar-refractivity contribution in [1.82, 2.24) is 0 Å². The molecular weight excluding hydrogens is 404 g/mol. The number of carbonyl (C=O) groups is 1. The van der Waals surface area contributed by atoms with E-state index in [1.165, 1.54) is 27.8 Å². The highest BCUT2D eigenvalue weighted by molar-refractivity contribution is 6.00. The number of fused-ring (bicyclic) bond motifs is 1. The number of carbonyl (C=O) groups excluding carboxylic acids is 1. The average molecular weight is 428 g/mol. The van der Waals surface area contributed by atoms with Crippen molar-refractivity contribution >= 4 is 17.3 Å². The van der Waals surface area contributed by atoms with E-state index >= 15 is 0 Å². The minimum Gasteiger partial charge on any atom is -0.497 e. The molecule has 0 saturated carbocycles. The lowest BCUT2D eigenvalue weighted by Crippen LogP contribution is -2.19. The number of ether oxygens (including phenoxy) is 4. The molecular formula is C27H24O5. The molecule has 0 N–H and O–H groups in total. The number of methoxy groups -OCH3 is 1. The number of hydrogen-bond donors (Lipinski definition) is 0. The molecule has 3 aromatic rings. The molecule has 1 fully saturated rings. The molecule has 5 nitrogen and oxygen atoms in total. The van der Waals surface area contributed by atoms with Crippen molar-refractivity contribution < 1.29 is 23.7 Å². The van der Waals surface area contributed by atoms with Gasteiger partial charge in [-0.1, -0.05) is 48.5 Å². The SMILES string of the molecule is COc1ccc2c(c1)CCC(c1ccccc1)=C2c1ccc(OCC2COC(=O)O2)cc1. The molecule has 0 spiro atoms. The van der Waals surface area contributed by atoms with E-state index in [4.69, 9.17) is 18.9 Å². The number of allylic oxidation sites excluding steroid dienone is 1. The Morgan fingerprint density at radius 3 is 2.41 bits per heavy atom. The quantitative estimate of drug-likeness (QED) is 0.484. The Kier molecular flexibility index (Phi) is 5.55. The molecule has 1 saturated heterocycles. The van der Waals surface area contributed by atoms with Crippen LogP contribution < -0.4 is 9.47 Å². The predicted octanol–water partition coefficient (Wildman–Crippen LogP) is 5.51. The number of hydrogen-bond acceptors (Lipinski definition) is 5. The number of rotatable bonds is 6. The van der Waals surface area contributed by atoms with Gasteiger partial charge >= 0.3 is 6.16 Å². The maximum atomic E-state index is 11.1. The van der Waals surface area contributed by atoms with Crippen molar-refractivity contribution in [3.63, 3.8) is 0 Å². The van der Waals surface area contributed by atoms with E-state index < -0.39 is 6.16 Å². The standard InChI is InChI=1S/C27H24O5/c1-29-22-12-14-25-20(15-22)9-13-24(18-5-3-2-4-6-18)26(25)19-7-10-21(11-8-19)30-16-23-17-31-27(28)32-23/h2-8,10-12,14-15,23H,9,13,16-17H2,1H3. The Balaban J connectivity index is 1.48. The van der Waals surface area contributed by atoms with Crippen LogP contribution in [0.15, 0.2) is 72.8 Å². The van der Waals surface area contributed by atoms with Crippen LogP contribution in [0.1, 0.15) is 28.7 Å². The molecule has 1 atom stereocenters. The third-order valence-electron chi connectivity index (χ3n) is 5.88. The Bertz CT molecular complexity index is 1150. The lowest BCUT2D eigenvalue weighted by atomic mass is 9.79. The fourth-order valence-corrected chi connectivity index (χ4v) is 4.31. The Hall–Kier alpha value is -3.73. The smallest absolute Gasteiger partial charge is 0.497 e. The number of aryl methyl sites for hydroxylation is 1. The van der Waals surface area contributed by atoms with Crippen LogP contribution in [0.3, 0.4) is 0 Å². The summed E-state index contributed by atoms with van der Waals surface area (Å²) in [4.78, 5) is 11.1. The molecule has 2 aliphatic rings. The first-order valence-corrected chi connectivity index (χ1v) is 10.7. The maximum absolute atomic E-state index is 11.1. The monoisotopic (exact) mass is 428 g/mol. The molecule has 5 heteroatoms. The topological polar surface area (TPSA) is 54.0 Å². The van der Waals surface area contributed by atoms with Crippen molar-refractivity contribution in [2.75, 3.05) is 20.3 Å². The third-order valence-corrected chi connectivity index (χ3v) is 5.88. The van der Waals surface area contributed by atoms with Gasteiger partial charge in [-0.25, -0.2) is 4.79 Å². The molecule has 3 aromatic carbocycles. The van der Waals surface area contributed by atoms with Crippen LogP contribution in [0.5, 0.6) is 11.5 Å². The van der Waals surface area contributed by atoms with Gasteiger partial charge in [-0.3, -0.25) is 0 Å². The predicted molar refractivity (Wildman–Crippen MR) is 122 cm³/mol. The molecule has 0 radical (unpaired) electrons. The summed E-state index contributed by atoms with van der Waals surface area (Å²) in [6.45, 7) is 0.496. The normalized spacial score (nSPS) is 17.4. The van der Waals surface area contributed by atoms with Crippen molar-refractivity contribution in [1.29, 1.82) is 0 Å². The van der Waals surface area contributed by atoms with E-state index in [0.29, 0.717) is 0 Å². The highest BCUT2D eigenvalue weighted by Crippen LogP contribution is 2.42. The van der Waals surface area contributed by atoms with Gasteiger partial charge in [0.1, 0.15) is 24.7 Å². The van der Waals surface area contributed by atoms with Crippen LogP contribution in [0.25, 0.3) is 11.1 Å². The molecule has 1 heterocycles. The van der Waals surface area contributed by atoms with Gasteiger partial charge in [0, 0.05) is 0 Å². The van der Waals surface area contributed by atoms with Gasteiger partial charge in [0.25, 0.3) is 0 Å². The lowest BCUT2D eigenvalue weighted by Gasteiger charge is -2.25. The molecule has 1 aliphatic heterocycles. The van der Waals surface area contributed by atoms with Gasteiger partial charge in [-0.05, 0) is 70.5 Å². The van der Waals surface area contributed by atoms with Gasteiger partial charge in [-0.2, -0.15) is 0 Å². The summed E-state index contributed by atoms with van der Waals surface area (Å²) < 4.78 is 21.1. The van der Waals surface area contributed by atoms with Crippen molar-refractivity contribution in [3.8, 4) is 11.5 Å². The largest absolute Gasteiger partial charge is 0.508 e. The maximum Gasteiger partial charge on any atom is 0.508 e. The van der Waals surface area contributed by atoms with Crippen molar-refractivity contribution in [2.45, 2.75) is 18.9 Å². The van der Waals surface area contributed by atoms with E-state index in [1.807, 2.05) is 24.3 Å². The average Bonchev–Trinajstić information content (AvgIpc) is 3.27. The summed E-state index contributed by atoms with van der Waals surface area (Å²) in [6.07, 6.45) is 0.936. The van der Waals surface area contributed by atoms with Gasteiger partial charge in [-0.15, -0.1) is 0 Å². The zero-order valence-corrected chi connectivity index (χ0v) is 17.9. The number of cyclic esters (lactones) is 2. The minimum absolute atomic E-state index is 0.227. The van der Waals surface area contributed by atoms with Crippen molar-refractivity contribution in [2.24, 2.45) is 0 Å². The van der Waals surface area contributed by atoms with Crippen LogP contribution in [0, 0.1) is 0 Å². The molecule has 5 rings (SSSR count). The summed E-state index contributed by atoms with van der Waals surface area (Å²) in [5.74, 6) is 1.61. The van der Waals surface area contributed by atoms with Crippen LogP contribution in [-0.4, -0.2) is 32.6 Å². The summed E-state index contributed by atoms with van der Waals surface area (Å²) in [5, 5.41) is 0. The summed E-state index contributed by atoms with van der Waals surface area (Å²) in [6, 6.07) is 25.0. The van der Waals surface area contributed by atoms with Crippen LogP contribution >= 0.6 is 0 Å². The van der Waals surface area contributed by atoms with Crippen molar-refractivity contribution in [3.05, 3.63) is 95.1 Å². The lowest BCUT2D eigenvalue weighted by molar-refractivity contribution is 0.0983. The van der Waals surface area contributed by atoms with Gasteiger partial charge in [0.2, 0.25) is 0 Å². The van der Waals surface area contributed by atoms with Crippen LogP contribution in [0.2, 0.25) is 0 Å². The molecule has 1 aliphatic carbocycles. The van der Waals surface area contributed by atoms with Gasteiger partial charge in [0.15, 0.2) is 6.10 Å². The van der Waals surface area contributed by atoms with E-state index in [0.717, 1.165) is 29.9 Å². The van der Waals surface area contributed by atoms with Gasteiger partial charge in [0.05, 0.1) is 7.11 Å². The first kappa shape index (κ1) is 20.2. The second-order valence-electron chi connectivity index (χ2n) is 7.88. The molecule has 0 amide bonds. The second-order valence-corrected chi connectivity index (χ2v) is 7.88. The minimum atomic E-state index is -0.637. The highest BCUT2D eigenvalue weighted by atomic mass is 16.8. The zero-order chi connectivity index (χ0) is 21.9. The Morgan fingerprint density at radius 2 is 1.69 bits per heavy atom. The fourth-order valence-electron chi connectivity index (χ4n) is 4.31. The summed E-state index contributed by atoms with van der Waals surface area (Å²) in [7, 11) is 1.70. The highest BCUT2D eigenvalue weighted by Gasteiger charge is 2.26. The van der Waals surface area contributed by atoms with E-state index in [2.05, 4.69) is 48.5 Å². The van der Waals surface area contributed by atoms with Gasteiger partial charge < -0.3 is 18.9 Å². The first-order valence-electron chi connectivity index (χ1n) is 10.7. The second kappa shape index (κ2) is 8.79. The fraction of sp³-hybridized carbons (Fsp3) is 0.222. The zero-order valence-electron chi connectivity index (χ0n) is 17.9. The molecule has 0 aromatic heterocycles. The summed E-state index contributed by atoms with van der Waals surface area (Å²) in [5.41, 5.74) is 7.49. The van der Waals surface area contributed by atoms with E-state index in [9.17, 15) is 4.79 Å². The molecule has 162 valence electrons. The van der Waals surface area contributed by atoms with Crippen LogP contribution in [-0.2, 0) is 15.9 Å². The summed E-state index contributed by atoms with van der Waals surface area (Å²) >= 11 is 0. The first-order chi connectivity index (χ1) is 15.7.